The van der Waals surface area contributed by atoms with Crippen molar-refractivity contribution in [2.24, 2.45) is 17.1 Å². The molecule has 0 amide bonds. The number of rotatable bonds is 10. The van der Waals surface area contributed by atoms with E-state index in [9.17, 15) is 19.5 Å². The van der Waals surface area contributed by atoms with Crippen molar-refractivity contribution in [3.8, 4) is 6.07 Å². The molecule has 0 bridgehead atoms. The Morgan fingerprint density at radius 2 is 1.71 bits per heavy atom. The average molecular weight is 479 g/mol. The fourth-order valence-corrected chi connectivity index (χ4v) is 4.96. The van der Waals surface area contributed by atoms with Crippen LogP contribution in [0.4, 0.5) is 0 Å². The first-order valence-electron chi connectivity index (χ1n) is 11.7. The number of hydrogen-bond acceptors (Lipinski definition) is 7. The summed E-state index contributed by atoms with van der Waals surface area (Å²) in [5.74, 6) is -2.79. The molecule has 1 aliphatic rings. The van der Waals surface area contributed by atoms with Crippen LogP contribution in [0.5, 0.6) is 0 Å². The van der Waals surface area contributed by atoms with Crippen LogP contribution >= 0.6 is 0 Å². The molecule has 8 heteroatoms. The molecule has 0 saturated heterocycles. The molecule has 184 valence electrons. The molecule has 0 radical (unpaired) electrons. The van der Waals surface area contributed by atoms with Crippen molar-refractivity contribution in [3.05, 3.63) is 71.8 Å². The largest absolute Gasteiger partial charge is 0.481 e. The van der Waals surface area contributed by atoms with Gasteiger partial charge >= 0.3 is 17.9 Å². The molecule has 0 spiro atoms. The fraction of sp³-hybridized carbons (Fsp3) is 0.407. The molecule has 0 aliphatic heterocycles. The van der Waals surface area contributed by atoms with E-state index in [-0.39, 0.29) is 18.8 Å². The zero-order valence-corrected chi connectivity index (χ0v) is 19.5. The van der Waals surface area contributed by atoms with Crippen LogP contribution in [0.15, 0.2) is 60.7 Å². The third-order valence-corrected chi connectivity index (χ3v) is 6.73. The van der Waals surface area contributed by atoms with Gasteiger partial charge in [-0.2, -0.15) is 5.26 Å². The molecule has 4 atom stereocenters. The first-order chi connectivity index (χ1) is 16.9. The highest BCUT2D eigenvalue weighted by Gasteiger charge is 2.50. The lowest BCUT2D eigenvalue weighted by atomic mass is 9.59. The molecule has 35 heavy (non-hydrogen) atoms. The summed E-state index contributed by atoms with van der Waals surface area (Å²) in [7, 11) is 0. The number of benzene rings is 2. The first kappa shape index (κ1) is 25.9. The van der Waals surface area contributed by atoms with Gasteiger partial charge in [-0.3, -0.25) is 9.59 Å². The number of carboxylic acid groups (broad SMARTS) is 1. The van der Waals surface area contributed by atoms with Crippen LogP contribution in [0.1, 0.15) is 67.2 Å². The number of nitriles is 1. The summed E-state index contributed by atoms with van der Waals surface area (Å²) >= 11 is 0. The molecule has 4 unspecified atom stereocenters. The van der Waals surface area contributed by atoms with E-state index < -0.39 is 35.7 Å². The lowest BCUT2D eigenvalue weighted by molar-refractivity contribution is -0.178. The second kappa shape index (κ2) is 12.1. The van der Waals surface area contributed by atoms with E-state index in [1.807, 2.05) is 0 Å². The molecule has 8 nitrogen and oxygen atoms in total. The SMILES string of the molecule is N#CCCC1CCCCC1(CC(=O)O)C(N)C(=O)OC(OC(=O)c1ccccc1)c1ccccc1. The van der Waals surface area contributed by atoms with Gasteiger partial charge in [0.25, 0.3) is 6.29 Å². The van der Waals surface area contributed by atoms with Crippen LogP contribution in [0.25, 0.3) is 0 Å². The van der Waals surface area contributed by atoms with Gasteiger partial charge in [-0.25, -0.2) is 4.79 Å². The summed E-state index contributed by atoms with van der Waals surface area (Å²) in [6.07, 6.45) is 1.75. The molecule has 3 N–H and O–H groups in total. The molecule has 1 saturated carbocycles. The number of aliphatic carboxylic acids is 1. The minimum absolute atomic E-state index is 0.211. The van der Waals surface area contributed by atoms with Crippen LogP contribution in [0, 0.1) is 22.7 Å². The van der Waals surface area contributed by atoms with Crippen molar-refractivity contribution in [2.45, 2.75) is 57.3 Å². The highest BCUT2D eigenvalue weighted by Crippen LogP contribution is 2.48. The Bertz CT molecular complexity index is 1050. The summed E-state index contributed by atoms with van der Waals surface area (Å²) in [5.41, 5.74) is 6.12. The summed E-state index contributed by atoms with van der Waals surface area (Å²) in [6, 6.07) is 17.7. The van der Waals surface area contributed by atoms with E-state index >= 15 is 0 Å². The predicted octanol–water partition coefficient (Wildman–Crippen LogP) is 4.37. The molecule has 0 heterocycles. The van der Waals surface area contributed by atoms with Gasteiger partial charge in [-0.1, -0.05) is 61.4 Å². The second-order valence-corrected chi connectivity index (χ2v) is 8.87. The van der Waals surface area contributed by atoms with E-state index in [1.54, 1.807) is 60.7 Å². The lowest BCUT2D eigenvalue weighted by Crippen LogP contribution is -2.54. The summed E-state index contributed by atoms with van der Waals surface area (Å²) in [5, 5.41) is 18.7. The molecule has 0 aromatic heterocycles. The van der Waals surface area contributed by atoms with E-state index in [4.69, 9.17) is 20.5 Å². The van der Waals surface area contributed by atoms with Crippen LogP contribution in [0.2, 0.25) is 0 Å². The Labute approximate surface area is 204 Å². The van der Waals surface area contributed by atoms with Crippen molar-refractivity contribution in [3.63, 3.8) is 0 Å². The Morgan fingerprint density at radius 3 is 2.34 bits per heavy atom. The first-order valence-corrected chi connectivity index (χ1v) is 11.7. The Balaban J connectivity index is 1.87. The van der Waals surface area contributed by atoms with Crippen molar-refractivity contribution in [1.29, 1.82) is 5.26 Å². The number of nitrogens with zero attached hydrogens (tertiary/aromatic N) is 1. The fourth-order valence-electron chi connectivity index (χ4n) is 4.96. The third kappa shape index (κ3) is 6.46. The Hall–Kier alpha value is -3.70. The van der Waals surface area contributed by atoms with E-state index in [0.29, 0.717) is 30.4 Å². The molecule has 3 rings (SSSR count). The van der Waals surface area contributed by atoms with Crippen molar-refractivity contribution < 1.29 is 29.0 Å². The maximum Gasteiger partial charge on any atom is 0.341 e. The Morgan fingerprint density at radius 1 is 1.06 bits per heavy atom. The van der Waals surface area contributed by atoms with E-state index in [0.717, 1.165) is 12.8 Å². The third-order valence-electron chi connectivity index (χ3n) is 6.73. The van der Waals surface area contributed by atoms with Crippen molar-refractivity contribution in [2.75, 3.05) is 0 Å². The number of carboxylic acids is 1. The maximum atomic E-state index is 13.4. The van der Waals surface area contributed by atoms with Crippen LogP contribution in [-0.4, -0.2) is 29.1 Å². The molecule has 2 aromatic rings. The standard InChI is InChI=1S/C27H30N2O6/c28-17-9-15-21-14-7-8-16-27(21,18-22(30)31)23(29)25(33)35-26(20-12-5-2-6-13-20)34-24(32)19-10-3-1-4-11-19/h1-6,10-13,21,23,26H,7-9,14-16,18,29H2,(H,30,31). The monoisotopic (exact) mass is 478 g/mol. The summed E-state index contributed by atoms with van der Waals surface area (Å²) < 4.78 is 11.2. The van der Waals surface area contributed by atoms with Crippen molar-refractivity contribution >= 4 is 17.9 Å². The molecule has 2 aromatic carbocycles. The smallest absolute Gasteiger partial charge is 0.341 e. The van der Waals surface area contributed by atoms with E-state index in [1.165, 1.54) is 0 Å². The van der Waals surface area contributed by atoms with Gasteiger partial charge < -0.3 is 20.3 Å². The van der Waals surface area contributed by atoms with Gasteiger partial charge in [0.05, 0.1) is 18.1 Å². The number of hydrogen-bond donors (Lipinski definition) is 2. The summed E-state index contributed by atoms with van der Waals surface area (Å²) in [4.78, 5) is 37.9. The molecular weight excluding hydrogens is 448 g/mol. The topological polar surface area (TPSA) is 140 Å². The minimum Gasteiger partial charge on any atom is -0.481 e. The average Bonchev–Trinajstić information content (AvgIpc) is 2.87. The van der Waals surface area contributed by atoms with E-state index in [2.05, 4.69) is 6.07 Å². The number of esters is 2. The van der Waals surface area contributed by atoms with Gasteiger partial charge in [0.15, 0.2) is 0 Å². The zero-order valence-electron chi connectivity index (χ0n) is 19.5. The minimum atomic E-state index is -1.36. The Kier molecular flexibility index (Phi) is 8.98. The second-order valence-electron chi connectivity index (χ2n) is 8.87. The summed E-state index contributed by atoms with van der Waals surface area (Å²) in [6.45, 7) is 0. The number of nitrogens with two attached hydrogens (primary N) is 1. The molecular formula is C27H30N2O6. The van der Waals surface area contributed by atoms with Crippen LogP contribution in [0.3, 0.4) is 0 Å². The molecule has 1 aliphatic carbocycles. The normalized spacial score (nSPS) is 21.2. The number of carbonyl (C=O) groups excluding carboxylic acids is 2. The maximum absolute atomic E-state index is 13.4. The highest BCUT2D eigenvalue weighted by molar-refractivity contribution is 5.89. The van der Waals surface area contributed by atoms with Crippen LogP contribution < -0.4 is 5.73 Å². The van der Waals surface area contributed by atoms with Gasteiger partial charge in [0.1, 0.15) is 6.04 Å². The van der Waals surface area contributed by atoms with Crippen molar-refractivity contribution in [1.82, 2.24) is 0 Å². The van der Waals surface area contributed by atoms with Gasteiger partial charge in [0, 0.05) is 17.4 Å². The number of carbonyl (C=O) groups is 3. The highest BCUT2D eigenvalue weighted by atomic mass is 16.7. The van der Waals surface area contributed by atoms with Gasteiger partial charge in [-0.05, 0) is 37.3 Å². The quantitative estimate of drug-likeness (QED) is 0.379. The molecule has 1 fully saturated rings. The van der Waals surface area contributed by atoms with Crippen LogP contribution in [-0.2, 0) is 19.1 Å². The zero-order chi connectivity index (χ0) is 25.3. The number of ether oxygens (including phenoxy) is 2. The van der Waals surface area contributed by atoms with Gasteiger partial charge in [-0.15, -0.1) is 0 Å². The predicted molar refractivity (Wildman–Crippen MR) is 127 cm³/mol. The lowest BCUT2D eigenvalue weighted by Gasteiger charge is -2.46. The van der Waals surface area contributed by atoms with Gasteiger partial charge in [0.2, 0.25) is 0 Å².